The fraction of sp³-hybridized carbons (Fsp3) is 0.261. The Kier molecular flexibility index (Phi) is 5.16. The largest absolute Gasteiger partial charge is 0.326 e. The highest BCUT2D eigenvalue weighted by Crippen LogP contribution is 2.24. The van der Waals surface area contributed by atoms with Crippen LogP contribution in [0.3, 0.4) is 0 Å². The zero-order valence-corrected chi connectivity index (χ0v) is 15.2. The number of likely N-dealkylation sites (tertiary alicyclic amines) is 1. The Bertz CT molecular complexity index is 943. The Morgan fingerprint density at radius 1 is 1.00 bits per heavy atom. The van der Waals surface area contributed by atoms with Crippen LogP contribution in [0.1, 0.15) is 18.4 Å². The second-order valence-corrected chi connectivity index (χ2v) is 7.19. The van der Waals surface area contributed by atoms with Gasteiger partial charge in [-0.2, -0.15) is 0 Å². The molecule has 3 aromatic carbocycles. The highest BCUT2D eigenvalue weighted by Gasteiger charge is 2.25. The van der Waals surface area contributed by atoms with E-state index in [1.165, 1.54) is 28.5 Å². The number of carbonyl (C=O) groups excluding carboxylic acids is 1. The van der Waals surface area contributed by atoms with E-state index in [0.717, 1.165) is 32.5 Å². The summed E-state index contributed by atoms with van der Waals surface area (Å²) in [5.41, 5.74) is 1.86. The minimum absolute atomic E-state index is 0.00888. The first-order valence-electron chi connectivity index (χ1n) is 9.44. The van der Waals surface area contributed by atoms with Crippen LogP contribution in [-0.2, 0) is 11.3 Å². The van der Waals surface area contributed by atoms with Gasteiger partial charge >= 0.3 is 0 Å². The molecule has 0 bridgehead atoms. The van der Waals surface area contributed by atoms with Crippen molar-refractivity contribution in [3.63, 3.8) is 0 Å². The predicted octanol–water partition coefficient (Wildman–Crippen LogP) is 4.83. The van der Waals surface area contributed by atoms with E-state index < -0.39 is 0 Å². The third kappa shape index (κ3) is 4.17. The van der Waals surface area contributed by atoms with E-state index in [0.29, 0.717) is 5.69 Å². The molecule has 138 valence electrons. The van der Waals surface area contributed by atoms with Crippen LogP contribution in [0.4, 0.5) is 10.1 Å². The summed E-state index contributed by atoms with van der Waals surface area (Å²) in [6.45, 7) is 2.69. The van der Waals surface area contributed by atoms with E-state index in [-0.39, 0.29) is 17.6 Å². The molecule has 1 aliphatic rings. The summed E-state index contributed by atoms with van der Waals surface area (Å²) in [6.07, 6.45) is 1.65. The third-order valence-electron chi connectivity index (χ3n) is 5.32. The van der Waals surface area contributed by atoms with Crippen molar-refractivity contribution in [3.05, 3.63) is 78.1 Å². The fourth-order valence-corrected chi connectivity index (χ4v) is 3.84. The van der Waals surface area contributed by atoms with Gasteiger partial charge in [0.05, 0.1) is 0 Å². The number of hydrogen-bond acceptors (Lipinski definition) is 2. The molecule has 3 nitrogen and oxygen atoms in total. The lowest BCUT2D eigenvalue weighted by atomic mass is 9.95. The van der Waals surface area contributed by atoms with E-state index in [2.05, 4.69) is 52.7 Å². The standard InChI is InChI=1S/C23H23FN2O/c24-20-8-4-9-21(15-20)25-23(27)18-11-13-26(14-12-18)16-19-7-3-6-17-5-1-2-10-22(17)19/h1-10,15,18H,11-14,16H2,(H,25,27). The molecule has 1 N–H and O–H groups in total. The van der Waals surface area contributed by atoms with Crippen molar-refractivity contribution in [1.82, 2.24) is 4.90 Å². The van der Waals surface area contributed by atoms with Crippen LogP contribution in [0.15, 0.2) is 66.7 Å². The van der Waals surface area contributed by atoms with Gasteiger partial charge in [-0.1, -0.05) is 48.5 Å². The van der Waals surface area contributed by atoms with Crippen LogP contribution < -0.4 is 5.32 Å². The summed E-state index contributed by atoms with van der Waals surface area (Å²) < 4.78 is 13.3. The number of piperidine rings is 1. The maximum atomic E-state index is 13.3. The van der Waals surface area contributed by atoms with Crippen LogP contribution in [0.5, 0.6) is 0 Å². The number of hydrogen-bond donors (Lipinski definition) is 1. The number of rotatable bonds is 4. The number of nitrogens with one attached hydrogen (secondary N) is 1. The number of amides is 1. The molecule has 27 heavy (non-hydrogen) atoms. The van der Waals surface area contributed by atoms with Gasteiger partial charge in [0.15, 0.2) is 0 Å². The lowest BCUT2D eigenvalue weighted by Crippen LogP contribution is -2.37. The van der Waals surface area contributed by atoms with Crippen LogP contribution in [0.2, 0.25) is 0 Å². The molecule has 1 aliphatic heterocycles. The summed E-state index contributed by atoms with van der Waals surface area (Å²) in [5, 5.41) is 5.40. The molecule has 0 atom stereocenters. The van der Waals surface area contributed by atoms with Gasteiger partial charge in [-0.15, -0.1) is 0 Å². The van der Waals surface area contributed by atoms with Crippen LogP contribution in [0.25, 0.3) is 10.8 Å². The number of nitrogens with zero attached hydrogens (tertiary/aromatic N) is 1. The van der Waals surface area contributed by atoms with Crippen LogP contribution in [0, 0.1) is 11.7 Å². The van der Waals surface area contributed by atoms with Gasteiger partial charge in [0.2, 0.25) is 5.91 Å². The van der Waals surface area contributed by atoms with Gasteiger partial charge in [0.1, 0.15) is 5.82 Å². The minimum Gasteiger partial charge on any atom is -0.326 e. The first-order valence-corrected chi connectivity index (χ1v) is 9.44. The van der Waals surface area contributed by atoms with Gasteiger partial charge in [-0.25, -0.2) is 4.39 Å². The molecule has 0 unspecified atom stereocenters. The Balaban J connectivity index is 1.35. The molecule has 0 aromatic heterocycles. The Morgan fingerprint density at radius 3 is 2.56 bits per heavy atom. The number of carbonyl (C=O) groups is 1. The molecule has 0 saturated carbocycles. The normalized spacial score (nSPS) is 15.7. The molecular formula is C23H23FN2O. The SMILES string of the molecule is O=C(Nc1cccc(F)c1)C1CCN(Cc2cccc3ccccc23)CC1. The lowest BCUT2D eigenvalue weighted by molar-refractivity contribution is -0.121. The van der Waals surface area contributed by atoms with Crippen molar-refractivity contribution in [2.45, 2.75) is 19.4 Å². The monoisotopic (exact) mass is 362 g/mol. The van der Waals surface area contributed by atoms with E-state index in [9.17, 15) is 9.18 Å². The maximum Gasteiger partial charge on any atom is 0.227 e. The lowest BCUT2D eigenvalue weighted by Gasteiger charge is -2.31. The molecule has 4 heteroatoms. The van der Waals surface area contributed by atoms with Gasteiger partial charge < -0.3 is 5.32 Å². The summed E-state index contributed by atoms with van der Waals surface area (Å²) in [5.74, 6) is -0.361. The fourth-order valence-electron chi connectivity index (χ4n) is 3.84. The molecule has 0 aliphatic carbocycles. The third-order valence-corrected chi connectivity index (χ3v) is 5.32. The van der Waals surface area contributed by atoms with Gasteiger partial charge in [-0.05, 0) is 60.5 Å². The smallest absolute Gasteiger partial charge is 0.227 e. The van der Waals surface area contributed by atoms with Crippen molar-refractivity contribution in [2.24, 2.45) is 5.92 Å². The summed E-state index contributed by atoms with van der Waals surface area (Å²) in [4.78, 5) is 14.9. The van der Waals surface area contributed by atoms with Crippen molar-refractivity contribution in [2.75, 3.05) is 18.4 Å². The first-order chi connectivity index (χ1) is 13.2. The second-order valence-electron chi connectivity index (χ2n) is 7.19. The van der Waals surface area contributed by atoms with E-state index in [4.69, 9.17) is 0 Å². The zero-order chi connectivity index (χ0) is 18.6. The Hall–Kier alpha value is -2.72. The predicted molar refractivity (Wildman–Crippen MR) is 107 cm³/mol. The van der Waals surface area contributed by atoms with Crippen molar-refractivity contribution >= 4 is 22.4 Å². The van der Waals surface area contributed by atoms with E-state index in [1.54, 1.807) is 12.1 Å². The molecule has 1 fully saturated rings. The summed E-state index contributed by atoms with van der Waals surface area (Å²) >= 11 is 0. The molecule has 1 heterocycles. The number of benzene rings is 3. The average Bonchev–Trinajstić information content (AvgIpc) is 2.69. The Morgan fingerprint density at radius 2 is 1.74 bits per heavy atom. The van der Waals surface area contributed by atoms with E-state index >= 15 is 0 Å². The van der Waals surface area contributed by atoms with Gasteiger partial charge in [0.25, 0.3) is 0 Å². The zero-order valence-electron chi connectivity index (χ0n) is 15.2. The molecular weight excluding hydrogens is 339 g/mol. The molecule has 0 spiro atoms. The second kappa shape index (κ2) is 7.89. The van der Waals surface area contributed by atoms with Gasteiger partial charge in [0, 0.05) is 18.2 Å². The molecule has 4 rings (SSSR count). The summed E-state index contributed by atoms with van der Waals surface area (Å²) in [7, 11) is 0. The quantitative estimate of drug-likeness (QED) is 0.721. The van der Waals surface area contributed by atoms with Crippen molar-refractivity contribution in [1.29, 1.82) is 0 Å². The number of halogens is 1. The highest BCUT2D eigenvalue weighted by molar-refractivity contribution is 5.92. The number of fused-ring (bicyclic) bond motifs is 1. The molecule has 1 amide bonds. The summed E-state index contributed by atoms with van der Waals surface area (Å²) in [6, 6.07) is 20.9. The molecule has 0 radical (unpaired) electrons. The van der Waals surface area contributed by atoms with Crippen LogP contribution >= 0.6 is 0 Å². The van der Waals surface area contributed by atoms with E-state index in [1.807, 2.05) is 0 Å². The average molecular weight is 362 g/mol. The number of anilines is 1. The Labute approximate surface area is 158 Å². The maximum absolute atomic E-state index is 13.3. The molecule has 3 aromatic rings. The highest BCUT2D eigenvalue weighted by atomic mass is 19.1. The van der Waals surface area contributed by atoms with Gasteiger partial charge in [-0.3, -0.25) is 9.69 Å². The van der Waals surface area contributed by atoms with Crippen molar-refractivity contribution in [3.8, 4) is 0 Å². The first kappa shape index (κ1) is 17.7. The van der Waals surface area contributed by atoms with Crippen LogP contribution in [-0.4, -0.2) is 23.9 Å². The minimum atomic E-state index is -0.335. The topological polar surface area (TPSA) is 32.3 Å². The van der Waals surface area contributed by atoms with Crippen molar-refractivity contribution < 1.29 is 9.18 Å². The molecule has 1 saturated heterocycles.